The van der Waals surface area contributed by atoms with E-state index in [9.17, 15) is 4.79 Å². The number of amides is 1. The second-order valence-electron chi connectivity index (χ2n) is 7.28. The molecule has 4 rings (SSSR count). The maximum absolute atomic E-state index is 12.7. The van der Waals surface area contributed by atoms with Gasteiger partial charge in [-0.2, -0.15) is 0 Å². The van der Waals surface area contributed by atoms with Crippen molar-refractivity contribution in [2.45, 2.75) is 19.3 Å². The number of carbonyl (C=O) groups is 1. The highest BCUT2D eigenvalue weighted by atomic mass is 16.5. The van der Waals surface area contributed by atoms with Crippen LogP contribution >= 0.6 is 0 Å². The molecule has 0 N–H and O–H groups in total. The van der Waals surface area contributed by atoms with Gasteiger partial charge in [0.25, 0.3) is 5.91 Å². The first kappa shape index (κ1) is 17.9. The lowest BCUT2D eigenvalue weighted by Gasteiger charge is -2.32. The number of nitrogens with zero attached hydrogens (tertiary/aromatic N) is 4. The summed E-state index contributed by atoms with van der Waals surface area (Å²) in [6, 6.07) is 10.6. The molecule has 0 unspecified atom stereocenters. The predicted octanol–water partition coefficient (Wildman–Crippen LogP) is 2.41. The van der Waals surface area contributed by atoms with Gasteiger partial charge < -0.3 is 14.5 Å². The average molecular weight is 366 g/mol. The number of rotatable bonds is 4. The number of anilines is 1. The Morgan fingerprint density at radius 3 is 2.41 bits per heavy atom. The number of aromatic nitrogens is 2. The van der Waals surface area contributed by atoms with E-state index in [1.54, 1.807) is 12.4 Å². The third kappa shape index (κ3) is 4.45. The van der Waals surface area contributed by atoms with Crippen molar-refractivity contribution in [3.05, 3.63) is 54.0 Å². The Hall–Kier alpha value is -2.47. The first-order chi connectivity index (χ1) is 13.3. The number of likely N-dealkylation sites (tertiary alicyclic amines) is 1. The van der Waals surface area contributed by atoms with Crippen LogP contribution in [0.3, 0.4) is 0 Å². The van der Waals surface area contributed by atoms with Crippen LogP contribution in [0.15, 0.2) is 42.7 Å². The lowest BCUT2D eigenvalue weighted by Crippen LogP contribution is -2.39. The van der Waals surface area contributed by atoms with Crippen molar-refractivity contribution < 1.29 is 9.53 Å². The molecule has 27 heavy (non-hydrogen) atoms. The van der Waals surface area contributed by atoms with E-state index >= 15 is 0 Å². The van der Waals surface area contributed by atoms with Gasteiger partial charge >= 0.3 is 0 Å². The van der Waals surface area contributed by atoms with Crippen molar-refractivity contribution in [2.75, 3.05) is 44.3 Å². The minimum absolute atomic E-state index is 0.00538. The smallest absolute Gasteiger partial charge is 0.274 e. The lowest BCUT2D eigenvalue weighted by atomic mass is 9.90. The van der Waals surface area contributed by atoms with Gasteiger partial charge in [0.15, 0.2) is 0 Å². The van der Waals surface area contributed by atoms with E-state index in [2.05, 4.69) is 45.2 Å². The monoisotopic (exact) mass is 366 g/mol. The van der Waals surface area contributed by atoms with E-state index < -0.39 is 0 Å². The van der Waals surface area contributed by atoms with E-state index in [0.717, 1.165) is 51.3 Å². The van der Waals surface area contributed by atoms with Gasteiger partial charge in [0.05, 0.1) is 25.6 Å². The minimum Gasteiger partial charge on any atom is -0.378 e. The van der Waals surface area contributed by atoms with Crippen LogP contribution in [-0.2, 0) is 11.2 Å². The third-order valence-corrected chi connectivity index (χ3v) is 5.46. The Bertz CT molecular complexity index is 737. The fraction of sp³-hybridized carbons (Fsp3) is 0.476. The second kappa shape index (κ2) is 8.48. The molecule has 0 atom stereocenters. The largest absolute Gasteiger partial charge is 0.378 e. The van der Waals surface area contributed by atoms with Crippen LogP contribution < -0.4 is 4.90 Å². The topological polar surface area (TPSA) is 58.6 Å². The quantitative estimate of drug-likeness (QED) is 0.832. The summed E-state index contributed by atoms with van der Waals surface area (Å²) in [5, 5.41) is 0. The summed E-state index contributed by atoms with van der Waals surface area (Å²) in [5.74, 6) is 1.46. The molecule has 2 aromatic rings. The SMILES string of the molecule is O=C(c1cnc(N2CCOCC2)cn1)N1CCC(Cc2ccccc2)CC1. The van der Waals surface area contributed by atoms with E-state index in [-0.39, 0.29) is 5.91 Å². The molecule has 0 bridgehead atoms. The molecule has 0 radical (unpaired) electrons. The van der Waals surface area contributed by atoms with Crippen LogP contribution in [0.25, 0.3) is 0 Å². The normalized spacial score (nSPS) is 18.5. The summed E-state index contributed by atoms with van der Waals surface area (Å²) in [5.41, 5.74) is 1.82. The van der Waals surface area contributed by atoms with Gasteiger partial charge in [-0.05, 0) is 30.7 Å². The summed E-state index contributed by atoms with van der Waals surface area (Å²) in [7, 11) is 0. The van der Waals surface area contributed by atoms with Gasteiger partial charge in [-0.3, -0.25) is 4.79 Å². The zero-order valence-electron chi connectivity index (χ0n) is 15.6. The molecule has 2 aliphatic heterocycles. The number of benzene rings is 1. The van der Waals surface area contributed by atoms with Crippen LogP contribution in [0.1, 0.15) is 28.9 Å². The Morgan fingerprint density at radius 2 is 1.74 bits per heavy atom. The number of morpholine rings is 1. The zero-order valence-corrected chi connectivity index (χ0v) is 15.6. The summed E-state index contributed by atoms with van der Waals surface area (Å²) >= 11 is 0. The molecule has 0 aliphatic carbocycles. The van der Waals surface area contributed by atoms with Crippen LogP contribution in [0.4, 0.5) is 5.82 Å². The van der Waals surface area contributed by atoms with Gasteiger partial charge in [0.1, 0.15) is 11.5 Å². The van der Waals surface area contributed by atoms with Crippen molar-refractivity contribution in [3.8, 4) is 0 Å². The Morgan fingerprint density at radius 1 is 1.00 bits per heavy atom. The Balaban J connectivity index is 1.31. The molecule has 1 amide bonds. The van der Waals surface area contributed by atoms with E-state index in [4.69, 9.17) is 4.74 Å². The molecule has 6 nitrogen and oxygen atoms in total. The molecule has 2 fully saturated rings. The fourth-order valence-electron chi connectivity index (χ4n) is 3.84. The summed E-state index contributed by atoms with van der Waals surface area (Å²) in [6.45, 7) is 4.64. The zero-order chi connectivity index (χ0) is 18.5. The number of hydrogen-bond donors (Lipinski definition) is 0. The summed E-state index contributed by atoms with van der Waals surface area (Å²) < 4.78 is 5.36. The van der Waals surface area contributed by atoms with Gasteiger partial charge in [0.2, 0.25) is 0 Å². The molecule has 1 aromatic carbocycles. The molecule has 3 heterocycles. The Labute approximate surface area is 160 Å². The highest BCUT2D eigenvalue weighted by Crippen LogP contribution is 2.22. The molecule has 1 aromatic heterocycles. The predicted molar refractivity (Wildman–Crippen MR) is 104 cm³/mol. The van der Waals surface area contributed by atoms with E-state index in [1.165, 1.54) is 5.56 Å². The molecular weight excluding hydrogens is 340 g/mol. The fourth-order valence-corrected chi connectivity index (χ4v) is 3.84. The van der Waals surface area contributed by atoms with Crippen LogP contribution in [0, 0.1) is 5.92 Å². The second-order valence-corrected chi connectivity index (χ2v) is 7.28. The van der Waals surface area contributed by atoms with Crippen molar-refractivity contribution in [3.63, 3.8) is 0 Å². The standard InChI is InChI=1S/C21H26N4O2/c26-21(19-15-23-20(16-22-19)24-10-12-27-13-11-24)25-8-6-18(7-9-25)14-17-4-2-1-3-5-17/h1-5,15-16,18H,6-14H2. The molecule has 2 aliphatic rings. The van der Waals surface area contributed by atoms with Gasteiger partial charge in [-0.1, -0.05) is 30.3 Å². The van der Waals surface area contributed by atoms with E-state index in [0.29, 0.717) is 24.8 Å². The first-order valence-corrected chi connectivity index (χ1v) is 9.77. The van der Waals surface area contributed by atoms with Gasteiger partial charge in [-0.25, -0.2) is 9.97 Å². The molecular formula is C21H26N4O2. The van der Waals surface area contributed by atoms with Crippen molar-refractivity contribution in [1.29, 1.82) is 0 Å². The molecule has 6 heteroatoms. The maximum atomic E-state index is 12.7. The summed E-state index contributed by atoms with van der Waals surface area (Å²) in [4.78, 5) is 25.6. The number of hydrogen-bond acceptors (Lipinski definition) is 5. The molecule has 2 saturated heterocycles. The highest BCUT2D eigenvalue weighted by molar-refractivity contribution is 5.92. The Kier molecular flexibility index (Phi) is 5.63. The first-order valence-electron chi connectivity index (χ1n) is 9.77. The van der Waals surface area contributed by atoms with Crippen LogP contribution in [-0.4, -0.2) is 60.2 Å². The molecule has 0 saturated carbocycles. The maximum Gasteiger partial charge on any atom is 0.274 e. The van der Waals surface area contributed by atoms with Crippen molar-refractivity contribution in [1.82, 2.24) is 14.9 Å². The third-order valence-electron chi connectivity index (χ3n) is 5.46. The number of ether oxygens (including phenoxy) is 1. The lowest BCUT2D eigenvalue weighted by molar-refractivity contribution is 0.0684. The number of carbonyl (C=O) groups excluding carboxylic acids is 1. The van der Waals surface area contributed by atoms with Gasteiger partial charge in [0, 0.05) is 26.2 Å². The van der Waals surface area contributed by atoms with Crippen LogP contribution in [0.2, 0.25) is 0 Å². The molecule has 0 spiro atoms. The van der Waals surface area contributed by atoms with Crippen LogP contribution in [0.5, 0.6) is 0 Å². The summed E-state index contributed by atoms with van der Waals surface area (Å²) in [6.07, 6.45) is 6.50. The molecule has 142 valence electrons. The van der Waals surface area contributed by atoms with Gasteiger partial charge in [-0.15, -0.1) is 0 Å². The van der Waals surface area contributed by atoms with Crippen molar-refractivity contribution in [2.24, 2.45) is 5.92 Å². The average Bonchev–Trinajstić information content (AvgIpc) is 2.75. The minimum atomic E-state index is -0.00538. The number of piperidine rings is 1. The van der Waals surface area contributed by atoms with Crippen molar-refractivity contribution >= 4 is 11.7 Å². The van der Waals surface area contributed by atoms with E-state index in [1.807, 2.05) is 4.90 Å². The highest BCUT2D eigenvalue weighted by Gasteiger charge is 2.25.